The molecule has 1 aliphatic rings. The lowest BCUT2D eigenvalue weighted by molar-refractivity contribution is -0.147. The quantitative estimate of drug-likeness (QED) is 0.648. The SMILES string of the molecule is CCCC(C)C(=O)Nc1ccc(N2CCN(C(C(=O)OC)c3ccccc3)CC2)cc1. The zero-order valence-corrected chi connectivity index (χ0v) is 18.7. The fourth-order valence-electron chi connectivity index (χ4n) is 4.07. The third-order valence-electron chi connectivity index (χ3n) is 5.89. The Balaban J connectivity index is 1.60. The Kier molecular flexibility index (Phi) is 8.06. The average Bonchev–Trinajstić information content (AvgIpc) is 2.81. The molecule has 0 bridgehead atoms. The maximum absolute atomic E-state index is 12.5. The first-order valence-corrected chi connectivity index (χ1v) is 11.1. The number of carbonyl (C=O) groups is 2. The van der Waals surface area contributed by atoms with Gasteiger partial charge in [0.15, 0.2) is 0 Å². The number of benzene rings is 2. The zero-order valence-electron chi connectivity index (χ0n) is 18.7. The van der Waals surface area contributed by atoms with Crippen LogP contribution in [-0.2, 0) is 14.3 Å². The molecular weight excluding hydrogens is 390 g/mol. The van der Waals surface area contributed by atoms with Crippen LogP contribution in [0.2, 0.25) is 0 Å². The molecule has 2 aromatic rings. The predicted molar refractivity (Wildman–Crippen MR) is 124 cm³/mol. The molecule has 1 saturated heterocycles. The summed E-state index contributed by atoms with van der Waals surface area (Å²) in [5.41, 5.74) is 2.90. The van der Waals surface area contributed by atoms with Gasteiger partial charge in [0.1, 0.15) is 6.04 Å². The van der Waals surface area contributed by atoms with Gasteiger partial charge in [-0.2, -0.15) is 0 Å². The molecule has 0 saturated carbocycles. The minimum Gasteiger partial charge on any atom is -0.468 e. The number of esters is 1. The van der Waals surface area contributed by atoms with E-state index in [0.717, 1.165) is 56.0 Å². The number of hydrogen-bond donors (Lipinski definition) is 1. The van der Waals surface area contributed by atoms with Crippen LogP contribution in [0.5, 0.6) is 0 Å². The Morgan fingerprint density at radius 3 is 2.23 bits per heavy atom. The number of carbonyl (C=O) groups excluding carboxylic acids is 2. The van der Waals surface area contributed by atoms with E-state index in [1.54, 1.807) is 0 Å². The maximum Gasteiger partial charge on any atom is 0.327 e. The fraction of sp³-hybridized carbons (Fsp3) is 0.440. The molecule has 2 aromatic carbocycles. The summed E-state index contributed by atoms with van der Waals surface area (Å²) in [5, 5.41) is 3.00. The van der Waals surface area contributed by atoms with Gasteiger partial charge < -0.3 is 15.0 Å². The highest BCUT2D eigenvalue weighted by atomic mass is 16.5. The fourth-order valence-corrected chi connectivity index (χ4v) is 4.07. The monoisotopic (exact) mass is 423 g/mol. The number of rotatable bonds is 8. The van der Waals surface area contributed by atoms with Crippen molar-refractivity contribution in [2.24, 2.45) is 5.92 Å². The Labute approximate surface area is 185 Å². The van der Waals surface area contributed by atoms with Crippen molar-refractivity contribution >= 4 is 23.3 Å². The molecule has 2 unspecified atom stereocenters. The Bertz CT molecular complexity index is 846. The molecule has 166 valence electrons. The number of anilines is 2. The van der Waals surface area contributed by atoms with E-state index in [1.807, 2.05) is 61.5 Å². The smallest absolute Gasteiger partial charge is 0.327 e. The molecule has 1 fully saturated rings. The number of hydrogen-bond acceptors (Lipinski definition) is 5. The van der Waals surface area contributed by atoms with Gasteiger partial charge in [-0.15, -0.1) is 0 Å². The van der Waals surface area contributed by atoms with Gasteiger partial charge in [-0.25, -0.2) is 4.79 Å². The molecule has 0 radical (unpaired) electrons. The number of nitrogens with zero attached hydrogens (tertiary/aromatic N) is 2. The summed E-state index contributed by atoms with van der Waals surface area (Å²) in [4.78, 5) is 29.2. The van der Waals surface area contributed by atoms with Gasteiger partial charge in [-0.3, -0.25) is 9.69 Å². The van der Waals surface area contributed by atoms with Crippen LogP contribution in [0.15, 0.2) is 54.6 Å². The molecule has 2 atom stereocenters. The molecule has 1 aliphatic heterocycles. The van der Waals surface area contributed by atoms with E-state index in [9.17, 15) is 9.59 Å². The molecule has 3 rings (SSSR count). The molecule has 1 N–H and O–H groups in total. The van der Waals surface area contributed by atoms with E-state index in [2.05, 4.69) is 22.0 Å². The standard InChI is InChI=1S/C25H33N3O3/c1-4-8-19(2)24(29)26-21-11-13-22(14-12-21)27-15-17-28(18-16-27)23(25(30)31-3)20-9-6-5-7-10-20/h5-7,9-14,19,23H,4,8,15-18H2,1-3H3,(H,26,29). The molecule has 1 amide bonds. The average molecular weight is 424 g/mol. The first-order chi connectivity index (χ1) is 15.0. The van der Waals surface area contributed by atoms with Crippen molar-refractivity contribution in [2.45, 2.75) is 32.7 Å². The molecule has 0 aliphatic carbocycles. The third kappa shape index (κ3) is 5.85. The van der Waals surface area contributed by atoms with Crippen LogP contribution in [0.3, 0.4) is 0 Å². The summed E-state index contributed by atoms with van der Waals surface area (Å²) in [6, 6.07) is 17.4. The molecule has 1 heterocycles. The first-order valence-electron chi connectivity index (χ1n) is 11.1. The van der Waals surface area contributed by atoms with Crippen LogP contribution < -0.4 is 10.2 Å². The number of amides is 1. The van der Waals surface area contributed by atoms with Crippen LogP contribution in [-0.4, -0.2) is 50.1 Å². The van der Waals surface area contributed by atoms with Crippen molar-refractivity contribution in [3.8, 4) is 0 Å². The summed E-state index contributed by atoms with van der Waals surface area (Å²) >= 11 is 0. The van der Waals surface area contributed by atoms with Gasteiger partial charge in [0.05, 0.1) is 7.11 Å². The van der Waals surface area contributed by atoms with Crippen molar-refractivity contribution in [3.63, 3.8) is 0 Å². The van der Waals surface area contributed by atoms with E-state index < -0.39 is 0 Å². The molecule has 6 nitrogen and oxygen atoms in total. The topological polar surface area (TPSA) is 61.9 Å². The predicted octanol–water partition coefficient (Wildman–Crippen LogP) is 4.10. The highest BCUT2D eigenvalue weighted by Crippen LogP contribution is 2.26. The van der Waals surface area contributed by atoms with Gasteiger partial charge in [0.2, 0.25) is 5.91 Å². The highest BCUT2D eigenvalue weighted by molar-refractivity contribution is 5.92. The summed E-state index contributed by atoms with van der Waals surface area (Å²) in [6.45, 7) is 7.22. The second kappa shape index (κ2) is 11.0. The minimum atomic E-state index is -0.379. The first kappa shape index (κ1) is 22.8. The maximum atomic E-state index is 12.5. The van der Waals surface area contributed by atoms with Crippen LogP contribution in [0.25, 0.3) is 0 Å². The number of methoxy groups -OCH3 is 1. The Hall–Kier alpha value is -2.86. The van der Waals surface area contributed by atoms with Crippen LogP contribution >= 0.6 is 0 Å². The van der Waals surface area contributed by atoms with Gasteiger partial charge in [-0.1, -0.05) is 50.6 Å². The van der Waals surface area contributed by atoms with Crippen LogP contribution in [0.1, 0.15) is 38.3 Å². The summed E-state index contributed by atoms with van der Waals surface area (Å²) in [6.07, 6.45) is 1.89. The van der Waals surface area contributed by atoms with Crippen LogP contribution in [0, 0.1) is 5.92 Å². The highest BCUT2D eigenvalue weighted by Gasteiger charge is 2.31. The summed E-state index contributed by atoms with van der Waals surface area (Å²) in [7, 11) is 1.44. The van der Waals surface area contributed by atoms with Gasteiger partial charge in [0.25, 0.3) is 0 Å². The van der Waals surface area contributed by atoms with E-state index in [4.69, 9.17) is 4.74 Å². The second-order valence-corrected chi connectivity index (χ2v) is 8.09. The Morgan fingerprint density at radius 2 is 1.65 bits per heavy atom. The third-order valence-corrected chi connectivity index (χ3v) is 5.89. The van der Waals surface area contributed by atoms with Gasteiger partial charge in [-0.05, 0) is 36.2 Å². The van der Waals surface area contributed by atoms with Crippen molar-refractivity contribution in [1.82, 2.24) is 4.90 Å². The van der Waals surface area contributed by atoms with Gasteiger partial charge in [0, 0.05) is 43.5 Å². The molecule has 31 heavy (non-hydrogen) atoms. The molecular formula is C25H33N3O3. The number of piperazine rings is 1. The Morgan fingerprint density at radius 1 is 1.00 bits per heavy atom. The van der Waals surface area contributed by atoms with Crippen molar-refractivity contribution in [3.05, 3.63) is 60.2 Å². The second-order valence-electron chi connectivity index (χ2n) is 8.09. The largest absolute Gasteiger partial charge is 0.468 e. The minimum absolute atomic E-state index is 0.0186. The molecule has 0 aromatic heterocycles. The number of nitrogens with one attached hydrogen (secondary N) is 1. The zero-order chi connectivity index (χ0) is 22.2. The lowest BCUT2D eigenvalue weighted by atomic mass is 10.0. The van der Waals surface area contributed by atoms with Gasteiger partial charge >= 0.3 is 5.97 Å². The van der Waals surface area contributed by atoms with Crippen molar-refractivity contribution < 1.29 is 14.3 Å². The van der Waals surface area contributed by atoms with E-state index >= 15 is 0 Å². The van der Waals surface area contributed by atoms with E-state index in [-0.39, 0.29) is 23.8 Å². The molecule has 6 heteroatoms. The molecule has 0 spiro atoms. The summed E-state index contributed by atoms with van der Waals surface area (Å²) < 4.78 is 5.08. The lowest BCUT2D eigenvalue weighted by Crippen LogP contribution is -2.49. The lowest BCUT2D eigenvalue weighted by Gasteiger charge is -2.39. The van der Waals surface area contributed by atoms with Crippen molar-refractivity contribution in [2.75, 3.05) is 43.5 Å². The van der Waals surface area contributed by atoms with E-state index in [0.29, 0.717) is 0 Å². The normalized spacial score (nSPS) is 16.4. The van der Waals surface area contributed by atoms with Crippen LogP contribution in [0.4, 0.5) is 11.4 Å². The number of ether oxygens (including phenoxy) is 1. The van der Waals surface area contributed by atoms with E-state index in [1.165, 1.54) is 7.11 Å². The van der Waals surface area contributed by atoms with Crippen molar-refractivity contribution in [1.29, 1.82) is 0 Å². The summed E-state index contributed by atoms with van der Waals surface area (Å²) in [5.74, 6) is -0.139.